The summed E-state index contributed by atoms with van der Waals surface area (Å²) in [5.74, 6) is -0.198. The summed E-state index contributed by atoms with van der Waals surface area (Å²) in [6.07, 6.45) is 7.12. The normalized spacial score (nSPS) is 19.9. The Labute approximate surface area is 135 Å². The van der Waals surface area contributed by atoms with Crippen LogP contribution in [-0.4, -0.2) is 25.3 Å². The smallest absolute Gasteiger partial charge is 0.137 e. The lowest BCUT2D eigenvalue weighted by Gasteiger charge is -2.20. The summed E-state index contributed by atoms with van der Waals surface area (Å²) in [4.78, 5) is 0. The number of ether oxygens (including phenoxy) is 1. The lowest BCUT2D eigenvalue weighted by Crippen LogP contribution is -2.32. The Hall–Kier alpha value is -0.450. The van der Waals surface area contributed by atoms with Crippen LogP contribution in [0.3, 0.4) is 0 Å². The van der Waals surface area contributed by atoms with Gasteiger partial charge in [-0.25, -0.2) is 4.39 Å². The van der Waals surface area contributed by atoms with Crippen molar-refractivity contribution in [2.24, 2.45) is 0 Å². The maximum Gasteiger partial charge on any atom is 0.137 e. The van der Waals surface area contributed by atoms with Gasteiger partial charge in [0.05, 0.1) is 10.6 Å². The van der Waals surface area contributed by atoms with Gasteiger partial charge in [-0.1, -0.05) is 13.0 Å². The standard InChI is InChI=1S/C17H25BrFNO/c1-2-9-20-14(6-7-15-4-3-10-21-15)11-13-5-8-17(19)16(18)12-13/h5,8,12,14-15,20H,2-4,6-7,9-11H2,1H3. The molecule has 2 unspecified atom stereocenters. The van der Waals surface area contributed by atoms with Crippen LogP contribution in [0.15, 0.2) is 22.7 Å². The van der Waals surface area contributed by atoms with E-state index < -0.39 is 0 Å². The van der Waals surface area contributed by atoms with E-state index in [1.807, 2.05) is 12.1 Å². The highest BCUT2D eigenvalue weighted by molar-refractivity contribution is 9.10. The zero-order valence-electron chi connectivity index (χ0n) is 12.7. The minimum absolute atomic E-state index is 0.198. The van der Waals surface area contributed by atoms with Crippen molar-refractivity contribution in [3.63, 3.8) is 0 Å². The van der Waals surface area contributed by atoms with Crippen LogP contribution in [0.1, 0.15) is 44.6 Å². The van der Waals surface area contributed by atoms with Gasteiger partial charge in [0.1, 0.15) is 5.82 Å². The molecular formula is C17H25BrFNO. The van der Waals surface area contributed by atoms with Gasteiger partial charge in [0, 0.05) is 12.6 Å². The predicted molar refractivity (Wildman–Crippen MR) is 88.1 cm³/mol. The molecule has 1 saturated heterocycles. The van der Waals surface area contributed by atoms with Gasteiger partial charge in [-0.3, -0.25) is 0 Å². The average Bonchev–Trinajstić information content (AvgIpc) is 2.99. The fourth-order valence-electron chi connectivity index (χ4n) is 2.83. The molecule has 1 fully saturated rings. The summed E-state index contributed by atoms with van der Waals surface area (Å²) in [6.45, 7) is 4.12. The Balaban J connectivity index is 1.89. The second-order valence-corrected chi connectivity index (χ2v) is 6.67. The monoisotopic (exact) mass is 357 g/mol. The topological polar surface area (TPSA) is 21.3 Å². The first-order valence-corrected chi connectivity index (χ1v) is 8.77. The zero-order chi connectivity index (χ0) is 15.1. The fraction of sp³-hybridized carbons (Fsp3) is 0.647. The maximum absolute atomic E-state index is 13.3. The van der Waals surface area contributed by atoms with E-state index in [4.69, 9.17) is 4.74 Å². The predicted octanol–water partition coefficient (Wildman–Crippen LogP) is 4.46. The molecule has 2 atom stereocenters. The Bertz CT molecular complexity index is 435. The average molecular weight is 358 g/mol. The highest BCUT2D eigenvalue weighted by atomic mass is 79.9. The summed E-state index contributed by atoms with van der Waals surface area (Å²) < 4.78 is 19.6. The van der Waals surface area contributed by atoms with Gasteiger partial charge in [-0.15, -0.1) is 0 Å². The minimum Gasteiger partial charge on any atom is -0.378 e. The lowest BCUT2D eigenvalue weighted by atomic mass is 9.99. The number of rotatable bonds is 8. The second-order valence-electron chi connectivity index (χ2n) is 5.82. The number of nitrogens with one attached hydrogen (secondary N) is 1. The Morgan fingerprint density at radius 2 is 2.33 bits per heavy atom. The van der Waals surface area contributed by atoms with Crippen molar-refractivity contribution in [2.45, 2.75) is 57.6 Å². The first-order chi connectivity index (χ1) is 10.2. The first kappa shape index (κ1) is 16.9. The van der Waals surface area contributed by atoms with Crippen molar-refractivity contribution >= 4 is 15.9 Å². The Morgan fingerprint density at radius 3 is 3.00 bits per heavy atom. The van der Waals surface area contributed by atoms with E-state index in [-0.39, 0.29) is 5.82 Å². The van der Waals surface area contributed by atoms with Crippen molar-refractivity contribution in [1.29, 1.82) is 0 Å². The summed E-state index contributed by atoms with van der Waals surface area (Å²) in [7, 11) is 0. The van der Waals surface area contributed by atoms with Crippen LogP contribution in [0.2, 0.25) is 0 Å². The minimum atomic E-state index is -0.198. The van der Waals surface area contributed by atoms with E-state index in [9.17, 15) is 4.39 Å². The van der Waals surface area contributed by atoms with Gasteiger partial charge < -0.3 is 10.1 Å². The van der Waals surface area contributed by atoms with Gasteiger partial charge >= 0.3 is 0 Å². The van der Waals surface area contributed by atoms with Crippen molar-refractivity contribution in [3.8, 4) is 0 Å². The SMILES string of the molecule is CCCNC(CCC1CCCO1)Cc1ccc(F)c(Br)c1. The molecule has 1 aliphatic heterocycles. The van der Waals surface area contributed by atoms with E-state index in [0.29, 0.717) is 16.6 Å². The van der Waals surface area contributed by atoms with E-state index in [1.165, 1.54) is 24.5 Å². The molecule has 1 aromatic rings. The molecular weight excluding hydrogens is 333 g/mol. The molecule has 0 spiro atoms. The maximum atomic E-state index is 13.3. The van der Waals surface area contributed by atoms with Crippen LogP contribution in [0.5, 0.6) is 0 Å². The first-order valence-electron chi connectivity index (χ1n) is 7.98. The molecule has 0 saturated carbocycles. The van der Waals surface area contributed by atoms with Crippen LogP contribution in [-0.2, 0) is 11.2 Å². The molecule has 0 radical (unpaired) electrons. The molecule has 2 nitrogen and oxygen atoms in total. The third kappa shape index (κ3) is 5.68. The molecule has 0 aromatic heterocycles. The van der Waals surface area contributed by atoms with Crippen LogP contribution >= 0.6 is 15.9 Å². The number of halogens is 2. The van der Waals surface area contributed by atoms with Gasteiger partial charge in [0.2, 0.25) is 0 Å². The highest BCUT2D eigenvalue weighted by Crippen LogP contribution is 2.21. The third-order valence-corrected chi connectivity index (χ3v) is 4.62. The zero-order valence-corrected chi connectivity index (χ0v) is 14.3. The summed E-state index contributed by atoms with van der Waals surface area (Å²) in [5.41, 5.74) is 1.17. The molecule has 1 heterocycles. The Morgan fingerprint density at radius 1 is 1.48 bits per heavy atom. The molecule has 1 aliphatic rings. The second kappa shape index (κ2) is 8.86. The lowest BCUT2D eigenvalue weighted by molar-refractivity contribution is 0.0995. The molecule has 0 aliphatic carbocycles. The highest BCUT2D eigenvalue weighted by Gasteiger charge is 2.18. The van der Waals surface area contributed by atoms with Crippen molar-refractivity contribution in [3.05, 3.63) is 34.1 Å². The fourth-order valence-corrected chi connectivity index (χ4v) is 3.26. The molecule has 4 heteroatoms. The molecule has 1 N–H and O–H groups in total. The Kier molecular flexibility index (Phi) is 7.14. The molecule has 2 rings (SSSR count). The van der Waals surface area contributed by atoms with Gasteiger partial charge in [-0.05, 0) is 78.7 Å². The van der Waals surface area contributed by atoms with E-state index >= 15 is 0 Å². The van der Waals surface area contributed by atoms with Crippen LogP contribution in [0.25, 0.3) is 0 Å². The number of hydrogen-bond donors (Lipinski definition) is 1. The van der Waals surface area contributed by atoms with Gasteiger partial charge in [0.15, 0.2) is 0 Å². The largest absolute Gasteiger partial charge is 0.378 e. The number of benzene rings is 1. The van der Waals surface area contributed by atoms with Crippen LogP contribution < -0.4 is 5.32 Å². The van der Waals surface area contributed by atoms with Crippen molar-refractivity contribution in [2.75, 3.05) is 13.2 Å². The number of hydrogen-bond acceptors (Lipinski definition) is 2. The van der Waals surface area contributed by atoms with E-state index in [1.54, 1.807) is 0 Å². The van der Waals surface area contributed by atoms with Crippen molar-refractivity contribution in [1.82, 2.24) is 5.32 Å². The summed E-state index contributed by atoms with van der Waals surface area (Å²) in [6, 6.07) is 5.75. The van der Waals surface area contributed by atoms with E-state index in [2.05, 4.69) is 28.2 Å². The summed E-state index contributed by atoms with van der Waals surface area (Å²) >= 11 is 3.27. The summed E-state index contributed by atoms with van der Waals surface area (Å²) in [5, 5.41) is 3.61. The molecule has 21 heavy (non-hydrogen) atoms. The molecule has 1 aromatic carbocycles. The molecule has 0 amide bonds. The third-order valence-electron chi connectivity index (χ3n) is 4.01. The quantitative estimate of drug-likeness (QED) is 0.741. The molecule has 0 bridgehead atoms. The van der Waals surface area contributed by atoms with Crippen LogP contribution in [0.4, 0.5) is 4.39 Å². The van der Waals surface area contributed by atoms with Crippen LogP contribution in [0, 0.1) is 5.82 Å². The van der Waals surface area contributed by atoms with Gasteiger partial charge in [-0.2, -0.15) is 0 Å². The van der Waals surface area contributed by atoms with Crippen molar-refractivity contribution < 1.29 is 9.13 Å². The molecule has 118 valence electrons. The van der Waals surface area contributed by atoms with E-state index in [0.717, 1.165) is 38.8 Å². The van der Waals surface area contributed by atoms with Gasteiger partial charge in [0.25, 0.3) is 0 Å².